The SMILES string of the molecule is Cn1c(=O)n(C/C(Cl)=C/Cl)c2ccccc21. The van der Waals surface area contributed by atoms with E-state index < -0.39 is 0 Å². The number of halogens is 2. The third-order valence-electron chi connectivity index (χ3n) is 2.48. The van der Waals surface area contributed by atoms with Crippen molar-refractivity contribution in [1.82, 2.24) is 9.13 Å². The van der Waals surface area contributed by atoms with E-state index in [-0.39, 0.29) is 5.69 Å². The van der Waals surface area contributed by atoms with Crippen molar-refractivity contribution in [3.05, 3.63) is 45.3 Å². The third-order valence-corrected chi connectivity index (χ3v) is 3.08. The Balaban J connectivity index is 2.69. The highest BCUT2D eigenvalue weighted by molar-refractivity contribution is 6.36. The van der Waals surface area contributed by atoms with Crippen molar-refractivity contribution in [1.29, 1.82) is 0 Å². The summed E-state index contributed by atoms with van der Waals surface area (Å²) in [4.78, 5) is 11.9. The highest BCUT2D eigenvalue weighted by atomic mass is 35.5. The molecule has 1 heterocycles. The molecular formula is C11H10Cl2N2O. The number of hydrogen-bond donors (Lipinski definition) is 0. The van der Waals surface area contributed by atoms with Crippen LogP contribution in [0.2, 0.25) is 0 Å². The number of aromatic nitrogens is 2. The van der Waals surface area contributed by atoms with Gasteiger partial charge in [-0.25, -0.2) is 4.79 Å². The van der Waals surface area contributed by atoms with Gasteiger partial charge >= 0.3 is 5.69 Å². The highest BCUT2D eigenvalue weighted by Gasteiger charge is 2.10. The van der Waals surface area contributed by atoms with E-state index in [1.165, 1.54) is 5.54 Å². The quantitative estimate of drug-likeness (QED) is 0.812. The Labute approximate surface area is 103 Å². The summed E-state index contributed by atoms with van der Waals surface area (Å²) in [5.74, 6) is 0. The monoisotopic (exact) mass is 256 g/mol. The highest BCUT2D eigenvalue weighted by Crippen LogP contribution is 2.14. The maximum atomic E-state index is 11.9. The molecule has 2 rings (SSSR count). The molecule has 0 aliphatic heterocycles. The molecule has 0 bridgehead atoms. The first kappa shape index (κ1) is 11.3. The minimum Gasteiger partial charge on any atom is -0.295 e. The molecule has 16 heavy (non-hydrogen) atoms. The smallest absolute Gasteiger partial charge is 0.295 e. The average molecular weight is 257 g/mol. The molecule has 1 aromatic heterocycles. The normalized spacial score (nSPS) is 12.3. The lowest BCUT2D eigenvalue weighted by atomic mass is 10.3. The van der Waals surface area contributed by atoms with Gasteiger partial charge in [-0.1, -0.05) is 35.3 Å². The number of imidazole rings is 1. The second-order valence-corrected chi connectivity index (χ2v) is 4.18. The van der Waals surface area contributed by atoms with E-state index in [1.54, 1.807) is 16.2 Å². The molecule has 5 heteroatoms. The van der Waals surface area contributed by atoms with Gasteiger partial charge in [-0.05, 0) is 12.1 Å². The van der Waals surface area contributed by atoms with Crippen LogP contribution in [0.15, 0.2) is 39.6 Å². The van der Waals surface area contributed by atoms with Gasteiger partial charge in [-0.2, -0.15) is 0 Å². The van der Waals surface area contributed by atoms with E-state index in [2.05, 4.69) is 0 Å². The predicted molar refractivity (Wildman–Crippen MR) is 67.0 cm³/mol. The molecule has 0 unspecified atom stereocenters. The van der Waals surface area contributed by atoms with E-state index in [9.17, 15) is 4.79 Å². The van der Waals surface area contributed by atoms with Gasteiger partial charge in [0.25, 0.3) is 0 Å². The van der Waals surface area contributed by atoms with Gasteiger partial charge in [-0.15, -0.1) is 0 Å². The zero-order valence-corrected chi connectivity index (χ0v) is 10.2. The molecular weight excluding hydrogens is 247 g/mol. The summed E-state index contributed by atoms with van der Waals surface area (Å²) in [6.07, 6.45) is 0. The van der Waals surface area contributed by atoms with E-state index >= 15 is 0 Å². The van der Waals surface area contributed by atoms with E-state index in [1.807, 2.05) is 24.3 Å². The van der Waals surface area contributed by atoms with Crippen LogP contribution in [0.5, 0.6) is 0 Å². The van der Waals surface area contributed by atoms with Crippen molar-refractivity contribution in [3.63, 3.8) is 0 Å². The standard InChI is InChI=1S/C11H10Cl2N2O/c1-14-9-4-2-3-5-10(9)15(11(14)16)7-8(13)6-12/h2-6H,7H2,1H3/b8-6-. The topological polar surface area (TPSA) is 26.9 Å². The predicted octanol–water partition coefficient (Wildman–Crippen LogP) is 2.66. The summed E-state index contributed by atoms with van der Waals surface area (Å²) >= 11 is 11.3. The number of nitrogens with zero attached hydrogens (tertiary/aromatic N) is 2. The Kier molecular flexibility index (Phi) is 3.08. The van der Waals surface area contributed by atoms with Crippen LogP contribution in [0.25, 0.3) is 11.0 Å². The lowest BCUT2D eigenvalue weighted by Crippen LogP contribution is -2.22. The fourth-order valence-corrected chi connectivity index (χ4v) is 1.89. The number of rotatable bonds is 2. The maximum Gasteiger partial charge on any atom is 0.329 e. The van der Waals surface area contributed by atoms with Crippen LogP contribution in [-0.2, 0) is 13.6 Å². The Hall–Kier alpha value is -1.19. The minimum absolute atomic E-state index is 0.0992. The summed E-state index contributed by atoms with van der Waals surface area (Å²) in [6, 6.07) is 7.56. The number of benzene rings is 1. The Bertz CT molecular complexity index is 610. The molecule has 1 aromatic carbocycles. The van der Waals surface area contributed by atoms with E-state index in [0.717, 1.165) is 11.0 Å². The van der Waals surface area contributed by atoms with Gasteiger partial charge in [-0.3, -0.25) is 9.13 Å². The zero-order chi connectivity index (χ0) is 11.7. The number of fused-ring (bicyclic) bond motifs is 1. The van der Waals surface area contributed by atoms with E-state index in [0.29, 0.717) is 11.6 Å². The van der Waals surface area contributed by atoms with Crippen LogP contribution in [0.4, 0.5) is 0 Å². The summed E-state index contributed by atoms with van der Waals surface area (Å²) in [5.41, 5.74) is 2.91. The van der Waals surface area contributed by atoms with E-state index in [4.69, 9.17) is 23.2 Å². The van der Waals surface area contributed by atoms with Crippen molar-refractivity contribution in [2.75, 3.05) is 0 Å². The van der Waals surface area contributed by atoms with Gasteiger partial charge < -0.3 is 0 Å². The van der Waals surface area contributed by atoms with Crippen LogP contribution >= 0.6 is 23.2 Å². The zero-order valence-electron chi connectivity index (χ0n) is 8.65. The molecule has 0 saturated carbocycles. The molecule has 0 amide bonds. The molecule has 0 saturated heterocycles. The van der Waals surface area contributed by atoms with Crippen molar-refractivity contribution >= 4 is 34.2 Å². The van der Waals surface area contributed by atoms with Crippen molar-refractivity contribution < 1.29 is 0 Å². The second-order valence-electron chi connectivity index (χ2n) is 3.47. The lowest BCUT2D eigenvalue weighted by molar-refractivity contribution is 0.743. The van der Waals surface area contributed by atoms with Gasteiger partial charge in [0.1, 0.15) is 0 Å². The molecule has 0 atom stereocenters. The van der Waals surface area contributed by atoms with Crippen molar-refractivity contribution in [2.24, 2.45) is 7.05 Å². The second kappa shape index (κ2) is 4.36. The van der Waals surface area contributed by atoms with Gasteiger partial charge in [0.15, 0.2) is 0 Å². The number of para-hydroxylation sites is 2. The molecule has 0 aliphatic carbocycles. The summed E-state index contributed by atoms with van der Waals surface area (Å²) in [7, 11) is 1.74. The first-order valence-electron chi connectivity index (χ1n) is 4.74. The summed E-state index contributed by atoms with van der Waals surface area (Å²) in [5, 5.41) is 0.431. The molecule has 84 valence electrons. The molecule has 0 fully saturated rings. The van der Waals surface area contributed by atoms with Crippen LogP contribution in [-0.4, -0.2) is 9.13 Å². The van der Waals surface area contributed by atoms with Gasteiger partial charge in [0.05, 0.1) is 17.6 Å². The fraction of sp³-hybridized carbons (Fsp3) is 0.182. The number of aryl methyl sites for hydroxylation is 1. The van der Waals surface area contributed by atoms with Crippen molar-refractivity contribution in [3.8, 4) is 0 Å². The fourth-order valence-electron chi connectivity index (χ4n) is 1.70. The lowest BCUT2D eigenvalue weighted by Gasteiger charge is -2.00. The molecule has 2 aromatic rings. The van der Waals surface area contributed by atoms with Crippen molar-refractivity contribution in [2.45, 2.75) is 6.54 Å². The average Bonchev–Trinajstić information content (AvgIpc) is 2.55. The number of hydrogen-bond acceptors (Lipinski definition) is 1. The van der Waals surface area contributed by atoms with Gasteiger partial charge in [0, 0.05) is 17.6 Å². The summed E-state index contributed by atoms with van der Waals surface area (Å²) in [6.45, 7) is 0.297. The third kappa shape index (κ3) is 1.77. The molecule has 0 N–H and O–H groups in total. The molecule has 0 spiro atoms. The molecule has 0 radical (unpaired) electrons. The first-order valence-corrected chi connectivity index (χ1v) is 5.55. The van der Waals surface area contributed by atoms with Crippen LogP contribution in [0, 0.1) is 0 Å². The van der Waals surface area contributed by atoms with Crippen LogP contribution in [0.1, 0.15) is 0 Å². The maximum absolute atomic E-state index is 11.9. The van der Waals surface area contributed by atoms with Gasteiger partial charge in [0.2, 0.25) is 0 Å². The Morgan fingerprint density at radius 2 is 2.00 bits per heavy atom. The van der Waals surface area contributed by atoms with Crippen LogP contribution < -0.4 is 5.69 Å². The largest absolute Gasteiger partial charge is 0.329 e. The van der Waals surface area contributed by atoms with Crippen LogP contribution in [0.3, 0.4) is 0 Å². The molecule has 0 aliphatic rings. The Morgan fingerprint density at radius 3 is 2.62 bits per heavy atom. The minimum atomic E-state index is -0.0992. The Morgan fingerprint density at radius 1 is 1.38 bits per heavy atom. The molecule has 3 nitrogen and oxygen atoms in total. The summed E-state index contributed by atoms with van der Waals surface area (Å²) < 4.78 is 3.18. The number of allylic oxidation sites excluding steroid dienone is 1. The first-order chi connectivity index (χ1) is 7.65.